The van der Waals surface area contributed by atoms with Crippen molar-refractivity contribution in [2.24, 2.45) is 0 Å². The van der Waals surface area contributed by atoms with Crippen molar-refractivity contribution in [1.82, 2.24) is 0 Å². The summed E-state index contributed by atoms with van der Waals surface area (Å²) < 4.78 is 12.1. The molecular weight excluding hydrogens is 414 g/mol. The van der Waals surface area contributed by atoms with Crippen LogP contribution in [0, 0.1) is 0 Å². The number of esters is 1. The molecule has 8 nitrogen and oxygen atoms in total. The lowest BCUT2D eigenvalue weighted by molar-refractivity contribution is -0.136. The third-order valence-corrected chi connectivity index (χ3v) is 5.62. The fraction of sp³-hybridized carbons (Fsp3) is 0.125. The van der Waals surface area contributed by atoms with Crippen molar-refractivity contribution in [1.29, 1.82) is 0 Å². The van der Waals surface area contributed by atoms with E-state index in [-0.39, 0.29) is 0 Å². The van der Waals surface area contributed by atoms with Crippen molar-refractivity contribution < 1.29 is 34.1 Å². The van der Waals surface area contributed by atoms with Gasteiger partial charge in [-0.15, -0.1) is 0 Å². The SMILES string of the molecule is O=C(O)CN(CC(=O)O)c1ccc2c(c1)Oc1ccccc1C21OC(=O)c2ccccc21. The Hall–Kier alpha value is -4.33. The van der Waals surface area contributed by atoms with E-state index in [4.69, 9.17) is 9.47 Å². The zero-order chi connectivity index (χ0) is 22.5. The van der Waals surface area contributed by atoms with Crippen LogP contribution in [0.4, 0.5) is 5.69 Å². The number of hydrogen-bond donors (Lipinski definition) is 2. The van der Waals surface area contributed by atoms with Crippen molar-refractivity contribution in [2.45, 2.75) is 5.60 Å². The largest absolute Gasteiger partial charge is 0.480 e. The second kappa shape index (κ2) is 7.12. The number of para-hydroxylation sites is 1. The smallest absolute Gasteiger partial charge is 0.340 e. The highest BCUT2D eigenvalue weighted by Gasteiger charge is 2.53. The maximum atomic E-state index is 12.8. The summed E-state index contributed by atoms with van der Waals surface area (Å²) in [7, 11) is 0. The summed E-state index contributed by atoms with van der Waals surface area (Å²) in [5.74, 6) is -1.93. The van der Waals surface area contributed by atoms with Gasteiger partial charge < -0.3 is 24.6 Å². The van der Waals surface area contributed by atoms with Crippen molar-refractivity contribution in [2.75, 3.05) is 18.0 Å². The Labute approximate surface area is 182 Å². The summed E-state index contributed by atoms with van der Waals surface area (Å²) in [6.07, 6.45) is 0. The fourth-order valence-electron chi connectivity index (χ4n) is 4.38. The number of hydrogen-bond acceptors (Lipinski definition) is 6. The molecule has 5 rings (SSSR count). The first-order valence-electron chi connectivity index (χ1n) is 9.83. The number of aliphatic carboxylic acids is 2. The highest BCUT2D eigenvalue weighted by Crippen LogP contribution is 2.56. The van der Waals surface area contributed by atoms with Gasteiger partial charge in [0, 0.05) is 28.4 Å². The number of ether oxygens (including phenoxy) is 2. The summed E-state index contributed by atoms with van der Waals surface area (Å²) in [6.45, 7) is -0.991. The molecule has 0 amide bonds. The molecule has 1 spiro atoms. The third-order valence-electron chi connectivity index (χ3n) is 5.62. The van der Waals surface area contributed by atoms with E-state index in [1.807, 2.05) is 24.3 Å². The minimum absolute atomic E-state index is 0.353. The van der Waals surface area contributed by atoms with E-state index in [0.29, 0.717) is 39.4 Å². The van der Waals surface area contributed by atoms with Gasteiger partial charge in [0.05, 0.1) is 5.56 Å². The van der Waals surface area contributed by atoms with Crippen molar-refractivity contribution in [3.63, 3.8) is 0 Å². The molecule has 0 aliphatic carbocycles. The molecule has 3 aromatic rings. The molecule has 1 atom stereocenters. The number of rotatable bonds is 5. The summed E-state index contributed by atoms with van der Waals surface area (Å²) >= 11 is 0. The zero-order valence-corrected chi connectivity index (χ0v) is 16.6. The molecule has 0 saturated heterocycles. The van der Waals surface area contributed by atoms with E-state index in [1.54, 1.807) is 42.5 Å². The molecule has 0 radical (unpaired) electrons. The van der Waals surface area contributed by atoms with Gasteiger partial charge in [0.25, 0.3) is 0 Å². The number of benzene rings is 3. The molecule has 0 saturated carbocycles. The van der Waals surface area contributed by atoms with E-state index in [0.717, 1.165) is 0 Å². The molecule has 0 bridgehead atoms. The van der Waals surface area contributed by atoms with E-state index in [2.05, 4.69) is 0 Å². The predicted octanol–water partition coefficient (Wildman–Crippen LogP) is 3.23. The maximum absolute atomic E-state index is 12.8. The molecular formula is C24H17NO7. The summed E-state index contributed by atoms with van der Waals surface area (Å²) in [5.41, 5.74) is 1.53. The van der Waals surface area contributed by atoms with Gasteiger partial charge in [-0.05, 0) is 24.3 Å². The van der Waals surface area contributed by atoms with E-state index < -0.39 is 36.6 Å². The normalized spacial score (nSPS) is 17.6. The third kappa shape index (κ3) is 2.88. The van der Waals surface area contributed by atoms with Crippen molar-refractivity contribution in [3.8, 4) is 11.5 Å². The van der Waals surface area contributed by atoms with Crippen LogP contribution in [0.25, 0.3) is 0 Å². The number of anilines is 1. The van der Waals surface area contributed by atoms with Crippen LogP contribution in [0.1, 0.15) is 27.0 Å². The molecule has 2 heterocycles. The van der Waals surface area contributed by atoms with E-state index in [1.165, 1.54) is 4.90 Å². The highest BCUT2D eigenvalue weighted by molar-refractivity contribution is 5.97. The van der Waals surface area contributed by atoms with Crippen LogP contribution in [-0.2, 0) is 19.9 Å². The Morgan fingerprint density at radius 3 is 2.16 bits per heavy atom. The highest BCUT2D eigenvalue weighted by atomic mass is 16.6. The molecule has 3 aromatic carbocycles. The lowest BCUT2D eigenvalue weighted by Crippen LogP contribution is -2.35. The van der Waals surface area contributed by atoms with Crippen LogP contribution in [0.2, 0.25) is 0 Å². The Balaban J connectivity index is 1.71. The van der Waals surface area contributed by atoms with Crippen LogP contribution in [0.15, 0.2) is 66.7 Å². The number of carboxylic acid groups (broad SMARTS) is 2. The lowest BCUT2D eigenvalue weighted by atomic mass is 9.77. The number of carbonyl (C=O) groups excluding carboxylic acids is 1. The quantitative estimate of drug-likeness (QED) is 0.592. The zero-order valence-electron chi connectivity index (χ0n) is 16.6. The van der Waals surface area contributed by atoms with Gasteiger partial charge in [0.2, 0.25) is 0 Å². The van der Waals surface area contributed by atoms with Crippen molar-refractivity contribution in [3.05, 3.63) is 89.0 Å². The second-order valence-corrected chi connectivity index (χ2v) is 7.54. The molecule has 1 unspecified atom stereocenters. The number of carbonyl (C=O) groups is 3. The monoisotopic (exact) mass is 431 g/mol. The lowest BCUT2D eigenvalue weighted by Gasteiger charge is -2.37. The number of carboxylic acids is 2. The summed E-state index contributed by atoms with van der Waals surface area (Å²) in [5, 5.41) is 18.4. The number of nitrogens with zero attached hydrogens (tertiary/aromatic N) is 1. The predicted molar refractivity (Wildman–Crippen MR) is 112 cm³/mol. The van der Waals surface area contributed by atoms with Gasteiger partial charge in [0.1, 0.15) is 24.6 Å². The molecule has 2 aliphatic rings. The average molecular weight is 431 g/mol. The molecule has 0 fully saturated rings. The molecule has 2 aliphatic heterocycles. The minimum Gasteiger partial charge on any atom is -0.480 e. The average Bonchev–Trinajstić information content (AvgIpc) is 3.06. The van der Waals surface area contributed by atoms with Crippen molar-refractivity contribution >= 4 is 23.6 Å². The second-order valence-electron chi connectivity index (χ2n) is 7.54. The Morgan fingerprint density at radius 2 is 1.44 bits per heavy atom. The Kier molecular flexibility index (Phi) is 4.37. The Bertz CT molecular complexity index is 1270. The first-order valence-corrected chi connectivity index (χ1v) is 9.83. The molecule has 2 N–H and O–H groups in total. The van der Waals surface area contributed by atoms with Gasteiger partial charge in [0.15, 0.2) is 5.60 Å². The molecule has 32 heavy (non-hydrogen) atoms. The molecule has 0 aromatic heterocycles. The van der Waals surface area contributed by atoms with Crippen LogP contribution in [-0.4, -0.2) is 41.2 Å². The van der Waals surface area contributed by atoms with Gasteiger partial charge in [-0.1, -0.05) is 36.4 Å². The minimum atomic E-state index is -1.22. The van der Waals surface area contributed by atoms with Crippen LogP contribution < -0.4 is 9.64 Å². The number of fused-ring (bicyclic) bond motifs is 6. The van der Waals surface area contributed by atoms with Gasteiger partial charge in [-0.25, -0.2) is 4.79 Å². The van der Waals surface area contributed by atoms with Gasteiger partial charge >= 0.3 is 17.9 Å². The van der Waals surface area contributed by atoms with Crippen LogP contribution in [0.5, 0.6) is 11.5 Å². The maximum Gasteiger partial charge on any atom is 0.340 e. The van der Waals surface area contributed by atoms with Gasteiger partial charge in [-0.3, -0.25) is 9.59 Å². The standard InChI is InChI=1S/C24H17NO7/c26-21(27)12-25(13-22(28)29)14-9-10-18-20(11-14)31-19-8-4-3-7-17(19)24(18)16-6-2-1-5-15(16)23(30)32-24/h1-11H,12-13H2,(H,26,27)(H,28,29). The van der Waals surface area contributed by atoms with E-state index >= 15 is 0 Å². The van der Waals surface area contributed by atoms with Crippen LogP contribution >= 0.6 is 0 Å². The fourth-order valence-corrected chi connectivity index (χ4v) is 4.38. The van der Waals surface area contributed by atoms with Gasteiger partial charge in [-0.2, -0.15) is 0 Å². The molecule has 8 heteroatoms. The summed E-state index contributed by atoms with van der Waals surface area (Å²) in [6, 6.07) is 19.2. The van der Waals surface area contributed by atoms with E-state index in [9.17, 15) is 24.6 Å². The molecule has 160 valence electrons. The first kappa shape index (κ1) is 19.6. The first-order chi connectivity index (χ1) is 15.4. The topological polar surface area (TPSA) is 113 Å². The van der Waals surface area contributed by atoms with Crippen LogP contribution in [0.3, 0.4) is 0 Å². The Morgan fingerprint density at radius 1 is 0.812 bits per heavy atom. The summed E-state index contributed by atoms with van der Waals surface area (Å²) in [4.78, 5) is 36.5.